The minimum Gasteiger partial charge on any atom is -0.390 e. The second-order valence-corrected chi connectivity index (χ2v) is 5.62. The molecule has 0 spiro atoms. The minimum atomic E-state index is -0.593. The Balaban J connectivity index is 1.73. The Morgan fingerprint density at radius 2 is 2.00 bits per heavy atom. The van der Waals surface area contributed by atoms with Crippen molar-refractivity contribution in [3.8, 4) is 0 Å². The first-order valence-corrected chi connectivity index (χ1v) is 6.91. The molecule has 3 heteroatoms. The molecule has 18 heavy (non-hydrogen) atoms. The van der Waals surface area contributed by atoms with Gasteiger partial charge in [0.05, 0.1) is 12.2 Å². The molecule has 3 rings (SSSR count). The van der Waals surface area contributed by atoms with Gasteiger partial charge in [0.15, 0.2) is 0 Å². The first-order valence-electron chi connectivity index (χ1n) is 6.91. The number of hydrogen-bond acceptors (Lipinski definition) is 3. The van der Waals surface area contributed by atoms with Gasteiger partial charge in [-0.25, -0.2) is 0 Å². The molecule has 2 fully saturated rings. The molecule has 0 bridgehead atoms. The summed E-state index contributed by atoms with van der Waals surface area (Å²) in [6.07, 6.45) is 1.77. The van der Waals surface area contributed by atoms with E-state index >= 15 is 0 Å². The first-order chi connectivity index (χ1) is 8.74. The number of rotatable bonds is 3. The summed E-state index contributed by atoms with van der Waals surface area (Å²) in [4.78, 5) is 2.43. The molecule has 98 valence electrons. The van der Waals surface area contributed by atoms with E-state index in [-0.39, 0.29) is 5.92 Å². The van der Waals surface area contributed by atoms with Crippen LogP contribution in [-0.4, -0.2) is 40.4 Å². The second-order valence-electron chi connectivity index (χ2n) is 5.62. The quantitative estimate of drug-likeness (QED) is 0.850. The number of aliphatic hydroxyl groups excluding tert-OH is 2. The summed E-state index contributed by atoms with van der Waals surface area (Å²) in [6, 6.07) is 8.50. The maximum Gasteiger partial charge on any atom is 0.0867 e. The van der Waals surface area contributed by atoms with Crippen molar-refractivity contribution in [1.82, 2.24) is 4.90 Å². The highest BCUT2D eigenvalue weighted by Crippen LogP contribution is 2.35. The summed E-state index contributed by atoms with van der Waals surface area (Å²) in [5.74, 6) is 0.108. The number of benzene rings is 1. The number of likely N-dealkylation sites (tertiary alicyclic amines) is 1. The molecule has 3 nitrogen and oxygen atoms in total. The van der Waals surface area contributed by atoms with E-state index in [2.05, 4.69) is 29.2 Å². The lowest BCUT2D eigenvalue weighted by Crippen LogP contribution is -2.36. The number of nitrogens with zero attached hydrogens (tertiary/aromatic N) is 1. The van der Waals surface area contributed by atoms with E-state index in [9.17, 15) is 10.2 Å². The van der Waals surface area contributed by atoms with Gasteiger partial charge in [0.1, 0.15) is 0 Å². The summed E-state index contributed by atoms with van der Waals surface area (Å²) in [5, 5.41) is 19.6. The minimum absolute atomic E-state index is 0.108. The Bertz CT molecular complexity index is 417. The van der Waals surface area contributed by atoms with Gasteiger partial charge >= 0.3 is 0 Å². The van der Waals surface area contributed by atoms with Crippen molar-refractivity contribution in [2.75, 3.05) is 13.1 Å². The highest BCUT2D eigenvalue weighted by atomic mass is 16.3. The highest BCUT2D eigenvalue weighted by molar-refractivity contribution is 5.28. The van der Waals surface area contributed by atoms with Crippen LogP contribution >= 0.6 is 0 Å². The summed E-state index contributed by atoms with van der Waals surface area (Å²) >= 11 is 0. The van der Waals surface area contributed by atoms with Gasteiger partial charge in [0.25, 0.3) is 0 Å². The molecule has 2 N–H and O–H groups in total. The number of aliphatic hydroxyl groups is 2. The van der Waals surface area contributed by atoms with E-state index in [0.29, 0.717) is 6.42 Å². The van der Waals surface area contributed by atoms with Crippen molar-refractivity contribution in [2.45, 2.75) is 43.9 Å². The van der Waals surface area contributed by atoms with Crippen molar-refractivity contribution in [2.24, 2.45) is 0 Å². The van der Waals surface area contributed by atoms with Crippen LogP contribution in [0.25, 0.3) is 0 Å². The normalized spacial score (nSPS) is 32.4. The Labute approximate surface area is 108 Å². The van der Waals surface area contributed by atoms with Gasteiger partial charge in [-0.15, -0.1) is 0 Å². The van der Waals surface area contributed by atoms with Gasteiger partial charge in [-0.05, 0) is 43.5 Å². The summed E-state index contributed by atoms with van der Waals surface area (Å²) in [7, 11) is 0. The Morgan fingerprint density at radius 1 is 1.17 bits per heavy atom. The molecule has 0 radical (unpaired) electrons. The Hall–Kier alpha value is -0.900. The van der Waals surface area contributed by atoms with E-state index < -0.39 is 12.2 Å². The maximum absolute atomic E-state index is 9.98. The van der Waals surface area contributed by atoms with E-state index in [1.54, 1.807) is 0 Å². The largest absolute Gasteiger partial charge is 0.390 e. The maximum atomic E-state index is 9.98. The van der Waals surface area contributed by atoms with Gasteiger partial charge in [-0.2, -0.15) is 0 Å². The highest BCUT2D eigenvalue weighted by Gasteiger charge is 2.34. The zero-order chi connectivity index (χ0) is 12.5. The van der Waals surface area contributed by atoms with E-state index in [4.69, 9.17) is 0 Å². The van der Waals surface area contributed by atoms with Crippen LogP contribution in [0.3, 0.4) is 0 Å². The van der Waals surface area contributed by atoms with Crippen molar-refractivity contribution < 1.29 is 10.2 Å². The van der Waals surface area contributed by atoms with E-state index in [1.807, 2.05) is 0 Å². The molecule has 3 atom stereocenters. The molecule has 1 aliphatic carbocycles. The third-order valence-electron chi connectivity index (χ3n) is 4.31. The zero-order valence-corrected chi connectivity index (χ0v) is 10.6. The van der Waals surface area contributed by atoms with E-state index in [0.717, 1.165) is 13.0 Å². The predicted octanol–water partition coefficient (Wildman–Crippen LogP) is 1.49. The lowest BCUT2D eigenvalue weighted by atomic mass is 9.94. The topological polar surface area (TPSA) is 43.7 Å². The molecular formula is C15H21NO2. The van der Waals surface area contributed by atoms with Gasteiger partial charge in [0.2, 0.25) is 0 Å². The van der Waals surface area contributed by atoms with Crippen molar-refractivity contribution in [3.05, 3.63) is 35.4 Å². The Morgan fingerprint density at radius 3 is 2.61 bits per heavy atom. The fourth-order valence-electron chi connectivity index (χ4n) is 3.04. The standard InChI is InChI=1S/C15H21NO2/c17-14-6-5-13(15(14)18)12-4-1-3-11(9-12)10-16-7-2-8-16/h1,3-4,9,13-15,17-18H,2,5-8,10H2. The van der Waals surface area contributed by atoms with Crippen LogP contribution in [0, 0.1) is 0 Å². The van der Waals surface area contributed by atoms with Crippen LogP contribution in [0.2, 0.25) is 0 Å². The third-order valence-corrected chi connectivity index (χ3v) is 4.31. The van der Waals surface area contributed by atoms with E-state index in [1.165, 1.54) is 30.6 Å². The van der Waals surface area contributed by atoms with Crippen LogP contribution in [0.15, 0.2) is 24.3 Å². The Kier molecular flexibility index (Phi) is 3.37. The summed E-state index contributed by atoms with van der Waals surface area (Å²) < 4.78 is 0. The fourth-order valence-corrected chi connectivity index (χ4v) is 3.04. The molecule has 1 saturated carbocycles. The van der Waals surface area contributed by atoms with Crippen LogP contribution in [0.5, 0.6) is 0 Å². The lowest BCUT2D eigenvalue weighted by Gasteiger charge is -2.31. The van der Waals surface area contributed by atoms with Crippen LogP contribution in [0.1, 0.15) is 36.3 Å². The molecule has 0 amide bonds. The molecule has 0 aromatic heterocycles. The molecule has 1 aliphatic heterocycles. The zero-order valence-electron chi connectivity index (χ0n) is 10.6. The van der Waals surface area contributed by atoms with Crippen molar-refractivity contribution in [3.63, 3.8) is 0 Å². The SMILES string of the molecule is OC1CCC(c2cccc(CN3CCC3)c2)C1O. The molecule has 1 saturated heterocycles. The molecule has 1 heterocycles. The molecule has 3 unspecified atom stereocenters. The van der Waals surface area contributed by atoms with Gasteiger partial charge < -0.3 is 10.2 Å². The van der Waals surface area contributed by atoms with Crippen LogP contribution in [0.4, 0.5) is 0 Å². The second kappa shape index (κ2) is 5.00. The van der Waals surface area contributed by atoms with Crippen LogP contribution in [-0.2, 0) is 6.54 Å². The van der Waals surface area contributed by atoms with Crippen molar-refractivity contribution in [1.29, 1.82) is 0 Å². The third kappa shape index (κ3) is 2.30. The average Bonchev–Trinajstić information content (AvgIpc) is 2.66. The van der Waals surface area contributed by atoms with Crippen LogP contribution < -0.4 is 0 Å². The monoisotopic (exact) mass is 247 g/mol. The first kappa shape index (κ1) is 12.2. The summed E-state index contributed by atoms with van der Waals surface area (Å²) in [6.45, 7) is 3.42. The molecule has 1 aromatic rings. The van der Waals surface area contributed by atoms with Gasteiger partial charge in [-0.3, -0.25) is 4.90 Å². The predicted molar refractivity (Wildman–Crippen MR) is 70.3 cm³/mol. The summed E-state index contributed by atoms with van der Waals surface area (Å²) in [5.41, 5.74) is 2.50. The number of hydrogen-bond donors (Lipinski definition) is 2. The molecule has 2 aliphatic rings. The van der Waals surface area contributed by atoms with Gasteiger partial charge in [0, 0.05) is 12.5 Å². The smallest absolute Gasteiger partial charge is 0.0867 e. The fraction of sp³-hybridized carbons (Fsp3) is 0.600. The van der Waals surface area contributed by atoms with Crippen molar-refractivity contribution >= 4 is 0 Å². The lowest BCUT2D eigenvalue weighted by molar-refractivity contribution is 0.0352. The molecule has 1 aromatic carbocycles. The average molecular weight is 247 g/mol. The molecular weight excluding hydrogens is 226 g/mol. The van der Waals surface area contributed by atoms with Gasteiger partial charge in [-0.1, -0.05) is 24.3 Å².